The van der Waals surface area contributed by atoms with Crippen LogP contribution in [0.1, 0.15) is 34.1 Å². The van der Waals surface area contributed by atoms with E-state index in [0.29, 0.717) is 28.4 Å². The molecular formula is C22H19ClN2O3S. The monoisotopic (exact) mass is 426 g/mol. The molecule has 3 rings (SSSR count). The first-order valence-electron chi connectivity index (χ1n) is 9.06. The number of hydrogen-bond donors (Lipinski definition) is 2. The van der Waals surface area contributed by atoms with Gasteiger partial charge in [0.1, 0.15) is 0 Å². The topological polar surface area (TPSA) is 67.4 Å². The summed E-state index contributed by atoms with van der Waals surface area (Å²) in [5, 5.41) is 7.87. The second-order valence-corrected chi connectivity index (χ2v) is 7.08. The molecule has 2 N–H and O–H groups in total. The maximum Gasteiger partial charge on any atom is 0.338 e. The van der Waals surface area contributed by atoms with Gasteiger partial charge in [-0.3, -0.25) is 10.1 Å². The summed E-state index contributed by atoms with van der Waals surface area (Å²) >= 11 is 11.4. The van der Waals surface area contributed by atoms with Gasteiger partial charge in [-0.15, -0.1) is 0 Å². The highest BCUT2D eigenvalue weighted by atomic mass is 35.5. The van der Waals surface area contributed by atoms with Crippen LogP contribution < -0.4 is 10.6 Å². The lowest BCUT2D eigenvalue weighted by Gasteiger charge is -2.12. The number of rotatable bonds is 5. The van der Waals surface area contributed by atoms with Gasteiger partial charge in [-0.2, -0.15) is 0 Å². The first-order valence-corrected chi connectivity index (χ1v) is 9.85. The molecule has 0 aliphatic rings. The van der Waals surface area contributed by atoms with Crippen molar-refractivity contribution in [2.75, 3.05) is 11.9 Å². The number of nitrogens with one attached hydrogen (secondary N) is 2. The van der Waals surface area contributed by atoms with E-state index in [-0.39, 0.29) is 17.0 Å². The summed E-state index contributed by atoms with van der Waals surface area (Å²) in [6.07, 6.45) is 0.766. The second-order valence-electron chi connectivity index (χ2n) is 6.26. The van der Waals surface area contributed by atoms with Crippen molar-refractivity contribution in [2.24, 2.45) is 0 Å². The molecule has 0 aliphatic heterocycles. The fourth-order valence-corrected chi connectivity index (χ4v) is 3.22. The molecule has 5 nitrogen and oxygen atoms in total. The lowest BCUT2D eigenvalue weighted by Crippen LogP contribution is -2.34. The van der Waals surface area contributed by atoms with Gasteiger partial charge in [-0.05, 0) is 60.4 Å². The minimum Gasteiger partial charge on any atom is -0.462 e. The number of amides is 1. The van der Waals surface area contributed by atoms with Crippen molar-refractivity contribution in [3.8, 4) is 0 Å². The van der Waals surface area contributed by atoms with Gasteiger partial charge in [-0.25, -0.2) is 4.79 Å². The average molecular weight is 427 g/mol. The Morgan fingerprint density at radius 3 is 2.41 bits per heavy atom. The van der Waals surface area contributed by atoms with Crippen LogP contribution in [-0.4, -0.2) is 23.6 Å². The minimum absolute atomic E-state index is 0.148. The van der Waals surface area contributed by atoms with Crippen LogP contribution in [0.2, 0.25) is 5.02 Å². The van der Waals surface area contributed by atoms with E-state index in [0.717, 1.165) is 17.2 Å². The predicted octanol–water partition coefficient (Wildman–Crippen LogP) is 5.19. The van der Waals surface area contributed by atoms with Crippen molar-refractivity contribution in [3.05, 3.63) is 76.8 Å². The van der Waals surface area contributed by atoms with Crippen LogP contribution in [0.15, 0.2) is 60.7 Å². The van der Waals surface area contributed by atoms with Crippen LogP contribution in [0, 0.1) is 0 Å². The summed E-state index contributed by atoms with van der Waals surface area (Å²) < 4.78 is 5.09. The van der Waals surface area contributed by atoms with Crippen molar-refractivity contribution in [1.82, 2.24) is 5.32 Å². The van der Waals surface area contributed by atoms with Crippen LogP contribution >= 0.6 is 23.8 Å². The SMILES string of the molecule is CCCOC(=O)c1ccc(NC(=S)NC(=O)c2cccc3c(Cl)cccc23)cc1. The molecule has 7 heteroatoms. The van der Waals surface area contributed by atoms with Gasteiger partial charge in [0.25, 0.3) is 5.91 Å². The van der Waals surface area contributed by atoms with Crippen molar-refractivity contribution in [1.29, 1.82) is 0 Å². The van der Waals surface area contributed by atoms with Gasteiger partial charge in [-0.1, -0.05) is 42.8 Å². The van der Waals surface area contributed by atoms with Crippen molar-refractivity contribution < 1.29 is 14.3 Å². The zero-order valence-corrected chi connectivity index (χ0v) is 17.3. The molecule has 0 aromatic heterocycles. The molecule has 0 unspecified atom stereocenters. The number of hydrogen-bond acceptors (Lipinski definition) is 4. The third kappa shape index (κ3) is 5.10. The number of carbonyl (C=O) groups is 2. The van der Waals surface area contributed by atoms with Gasteiger partial charge in [0.2, 0.25) is 0 Å². The molecular weight excluding hydrogens is 408 g/mol. The normalized spacial score (nSPS) is 10.4. The molecule has 29 heavy (non-hydrogen) atoms. The zero-order chi connectivity index (χ0) is 20.8. The number of esters is 1. The van der Waals surface area contributed by atoms with Crippen LogP contribution in [0.4, 0.5) is 5.69 Å². The number of halogens is 1. The Bertz CT molecular complexity index is 1070. The van der Waals surface area contributed by atoms with Crippen molar-refractivity contribution >= 4 is 57.3 Å². The smallest absolute Gasteiger partial charge is 0.338 e. The highest BCUT2D eigenvalue weighted by molar-refractivity contribution is 7.80. The molecule has 0 aliphatic carbocycles. The number of ether oxygens (including phenoxy) is 1. The average Bonchev–Trinajstić information content (AvgIpc) is 2.72. The molecule has 0 heterocycles. The van der Waals surface area contributed by atoms with Gasteiger partial charge < -0.3 is 10.1 Å². The molecule has 0 saturated heterocycles. The number of carbonyl (C=O) groups excluding carboxylic acids is 2. The fraction of sp³-hybridized carbons (Fsp3) is 0.136. The van der Waals surface area contributed by atoms with Crippen molar-refractivity contribution in [2.45, 2.75) is 13.3 Å². The van der Waals surface area contributed by atoms with Gasteiger partial charge in [0, 0.05) is 21.7 Å². The summed E-state index contributed by atoms with van der Waals surface area (Å²) in [7, 11) is 0. The van der Waals surface area contributed by atoms with E-state index in [1.165, 1.54) is 0 Å². The Labute approximate surface area is 179 Å². The van der Waals surface area contributed by atoms with Crippen LogP contribution in [0.5, 0.6) is 0 Å². The minimum atomic E-state index is -0.371. The summed E-state index contributed by atoms with van der Waals surface area (Å²) in [5.41, 5.74) is 1.57. The molecule has 0 saturated carbocycles. The van der Waals surface area contributed by atoms with E-state index in [1.807, 2.05) is 19.1 Å². The van der Waals surface area contributed by atoms with E-state index in [2.05, 4.69) is 10.6 Å². The fourth-order valence-electron chi connectivity index (χ4n) is 2.77. The van der Waals surface area contributed by atoms with Gasteiger partial charge in [0.05, 0.1) is 12.2 Å². The van der Waals surface area contributed by atoms with Crippen LogP contribution in [0.3, 0.4) is 0 Å². The van der Waals surface area contributed by atoms with Crippen molar-refractivity contribution in [3.63, 3.8) is 0 Å². The Hall–Kier alpha value is -2.96. The molecule has 0 spiro atoms. The molecule has 3 aromatic rings. The van der Waals surface area contributed by atoms with Crippen LogP contribution in [0.25, 0.3) is 10.8 Å². The zero-order valence-electron chi connectivity index (χ0n) is 15.7. The summed E-state index contributed by atoms with van der Waals surface area (Å²) in [6, 6.07) is 17.4. The molecule has 0 bridgehead atoms. The predicted molar refractivity (Wildman–Crippen MR) is 120 cm³/mol. The summed E-state index contributed by atoms with van der Waals surface area (Å²) in [6.45, 7) is 2.32. The molecule has 0 radical (unpaired) electrons. The summed E-state index contributed by atoms with van der Waals surface area (Å²) in [4.78, 5) is 24.5. The Balaban J connectivity index is 1.66. The van der Waals surface area contributed by atoms with E-state index in [1.54, 1.807) is 48.5 Å². The number of fused-ring (bicyclic) bond motifs is 1. The Kier molecular flexibility index (Phi) is 6.80. The molecule has 0 atom stereocenters. The van der Waals surface area contributed by atoms with Gasteiger partial charge in [0.15, 0.2) is 5.11 Å². The number of benzene rings is 3. The van der Waals surface area contributed by atoms with E-state index in [4.69, 9.17) is 28.6 Å². The third-order valence-electron chi connectivity index (χ3n) is 4.16. The second kappa shape index (κ2) is 9.49. The summed E-state index contributed by atoms with van der Waals surface area (Å²) in [5.74, 6) is -0.709. The third-order valence-corrected chi connectivity index (χ3v) is 4.69. The molecule has 148 valence electrons. The van der Waals surface area contributed by atoms with Gasteiger partial charge >= 0.3 is 5.97 Å². The van der Waals surface area contributed by atoms with E-state index < -0.39 is 0 Å². The molecule has 3 aromatic carbocycles. The number of thiocarbonyl (C=S) groups is 1. The largest absolute Gasteiger partial charge is 0.462 e. The van der Waals surface area contributed by atoms with E-state index in [9.17, 15) is 9.59 Å². The Morgan fingerprint density at radius 2 is 1.69 bits per heavy atom. The maximum atomic E-state index is 12.7. The molecule has 1 amide bonds. The van der Waals surface area contributed by atoms with Crippen LogP contribution in [-0.2, 0) is 4.74 Å². The highest BCUT2D eigenvalue weighted by Gasteiger charge is 2.13. The lowest BCUT2D eigenvalue weighted by atomic mass is 10.0. The Morgan fingerprint density at radius 1 is 1.00 bits per heavy atom. The highest BCUT2D eigenvalue weighted by Crippen LogP contribution is 2.25. The first kappa shape index (κ1) is 20.8. The first-order chi connectivity index (χ1) is 14.0. The number of anilines is 1. The van der Waals surface area contributed by atoms with E-state index >= 15 is 0 Å². The maximum absolute atomic E-state index is 12.7. The molecule has 0 fully saturated rings. The standard InChI is InChI=1S/C22H19ClN2O3S/c1-2-13-28-21(27)14-9-11-15(12-10-14)24-22(29)25-20(26)18-7-3-6-17-16(18)5-4-8-19(17)23/h3-12H,2,13H2,1H3,(H2,24,25,26,29). The quantitative estimate of drug-likeness (QED) is 0.434. The lowest BCUT2D eigenvalue weighted by molar-refractivity contribution is 0.0505.